The predicted octanol–water partition coefficient (Wildman–Crippen LogP) is 1.51. The fourth-order valence-electron chi connectivity index (χ4n) is 1.07. The highest BCUT2D eigenvalue weighted by Gasteiger charge is 2.13. The topological polar surface area (TPSA) is 51.2 Å². The number of rotatable bonds is 4. The summed E-state index contributed by atoms with van der Waals surface area (Å²) in [6, 6.07) is 5.26. The Morgan fingerprint density at radius 1 is 1.27 bits per heavy atom. The van der Waals surface area contributed by atoms with E-state index in [1.54, 1.807) is 0 Å². The van der Waals surface area contributed by atoms with Crippen LogP contribution < -0.4 is 0 Å². The molecule has 15 heavy (non-hydrogen) atoms. The fourth-order valence-corrected chi connectivity index (χ4v) is 1.92. The molecule has 0 unspecified atom stereocenters. The molecule has 1 rings (SSSR count). The van der Waals surface area contributed by atoms with Crippen molar-refractivity contribution in [1.29, 1.82) is 0 Å². The summed E-state index contributed by atoms with van der Waals surface area (Å²) >= 11 is 0. The van der Waals surface area contributed by atoms with E-state index < -0.39 is 26.4 Å². The molecule has 6 heteroatoms. The van der Waals surface area contributed by atoms with Crippen LogP contribution in [0.3, 0.4) is 0 Å². The van der Waals surface area contributed by atoms with Crippen LogP contribution in [0.2, 0.25) is 0 Å². The van der Waals surface area contributed by atoms with Crippen molar-refractivity contribution < 1.29 is 17.6 Å². The summed E-state index contributed by atoms with van der Waals surface area (Å²) in [6.45, 7) is 0. The molecule has 0 amide bonds. The van der Waals surface area contributed by atoms with Gasteiger partial charge in [0.1, 0.15) is 11.6 Å². The standard InChI is InChI=1S/C9H8ClFO3S/c10-15(13,14)6-9(12)5-7-1-3-8(11)4-2-7/h1-4H,5-6H2. The van der Waals surface area contributed by atoms with Crippen molar-refractivity contribution in [2.75, 3.05) is 5.75 Å². The van der Waals surface area contributed by atoms with Gasteiger partial charge >= 0.3 is 0 Å². The third-order valence-corrected chi connectivity index (χ3v) is 2.64. The van der Waals surface area contributed by atoms with Crippen LogP contribution in [0, 0.1) is 5.82 Å². The zero-order valence-corrected chi connectivity index (χ0v) is 9.18. The molecule has 0 saturated carbocycles. The maximum absolute atomic E-state index is 12.5. The Kier molecular flexibility index (Phi) is 3.82. The van der Waals surface area contributed by atoms with Gasteiger partial charge < -0.3 is 0 Å². The van der Waals surface area contributed by atoms with E-state index in [2.05, 4.69) is 0 Å². The van der Waals surface area contributed by atoms with Crippen LogP contribution >= 0.6 is 10.7 Å². The third-order valence-electron chi connectivity index (χ3n) is 1.65. The second kappa shape index (κ2) is 4.72. The summed E-state index contributed by atoms with van der Waals surface area (Å²) in [5.74, 6) is -1.63. The molecule has 0 heterocycles. The third kappa shape index (κ3) is 4.90. The van der Waals surface area contributed by atoms with Crippen LogP contribution in [-0.4, -0.2) is 20.0 Å². The van der Waals surface area contributed by atoms with Gasteiger partial charge in [-0.15, -0.1) is 0 Å². The van der Waals surface area contributed by atoms with Crippen molar-refractivity contribution in [3.8, 4) is 0 Å². The molecular formula is C9H8ClFO3S. The van der Waals surface area contributed by atoms with E-state index in [9.17, 15) is 17.6 Å². The van der Waals surface area contributed by atoms with Crippen LogP contribution in [0.15, 0.2) is 24.3 Å². The van der Waals surface area contributed by atoms with Gasteiger partial charge in [-0.25, -0.2) is 12.8 Å². The van der Waals surface area contributed by atoms with Gasteiger partial charge in [0.05, 0.1) is 0 Å². The summed E-state index contributed by atoms with van der Waals surface area (Å²) in [4.78, 5) is 11.2. The summed E-state index contributed by atoms with van der Waals surface area (Å²) in [5, 5.41) is 0. The Balaban J connectivity index is 2.63. The Morgan fingerprint density at radius 2 is 1.80 bits per heavy atom. The van der Waals surface area contributed by atoms with E-state index in [4.69, 9.17) is 10.7 Å². The van der Waals surface area contributed by atoms with Gasteiger partial charge in [-0.1, -0.05) is 12.1 Å². The minimum atomic E-state index is -3.80. The maximum Gasteiger partial charge on any atom is 0.239 e. The van der Waals surface area contributed by atoms with E-state index in [0.29, 0.717) is 5.56 Å². The van der Waals surface area contributed by atoms with E-state index in [-0.39, 0.29) is 6.42 Å². The number of halogens is 2. The molecular weight excluding hydrogens is 243 g/mol. The number of hydrogen-bond acceptors (Lipinski definition) is 3. The highest BCUT2D eigenvalue weighted by atomic mass is 35.7. The van der Waals surface area contributed by atoms with Crippen molar-refractivity contribution in [2.45, 2.75) is 6.42 Å². The monoisotopic (exact) mass is 250 g/mol. The lowest BCUT2D eigenvalue weighted by atomic mass is 10.1. The molecule has 0 aliphatic heterocycles. The Hall–Kier alpha value is -0.940. The molecule has 0 spiro atoms. The SMILES string of the molecule is O=C(Cc1ccc(F)cc1)CS(=O)(=O)Cl. The fraction of sp³-hybridized carbons (Fsp3) is 0.222. The van der Waals surface area contributed by atoms with Crippen LogP contribution in [0.25, 0.3) is 0 Å². The molecule has 0 aliphatic carbocycles. The molecule has 1 aromatic rings. The largest absolute Gasteiger partial charge is 0.298 e. The number of Topliss-reactive ketones (excluding diaryl/α,β-unsaturated/α-hetero) is 1. The molecule has 0 aromatic heterocycles. The number of carbonyl (C=O) groups excluding carboxylic acids is 1. The summed E-state index contributed by atoms with van der Waals surface area (Å²) in [6.07, 6.45) is -0.0633. The van der Waals surface area contributed by atoms with Crippen LogP contribution in [0.5, 0.6) is 0 Å². The normalized spacial score (nSPS) is 11.3. The minimum Gasteiger partial charge on any atom is -0.298 e. The first kappa shape index (κ1) is 12.1. The first-order valence-electron chi connectivity index (χ1n) is 4.05. The number of benzene rings is 1. The van der Waals surface area contributed by atoms with Crippen LogP contribution in [0.1, 0.15) is 5.56 Å². The quantitative estimate of drug-likeness (QED) is 0.761. The molecule has 0 atom stereocenters. The van der Waals surface area contributed by atoms with Crippen LogP contribution in [0.4, 0.5) is 4.39 Å². The Labute approximate surface area is 91.3 Å². The zero-order chi connectivity index (χ0) is 11.5. The van der Waals surface area contributed by atoms with Crippen molar-refractivity contribution in [2.24, 2.45) is 0 Å². The van der Waals surface area contributed by atoms with Gasteiger partial charge in [0, 0.05) is 17.1 Å². The molecule has 0 radical (unpaired) electrons. The lowest BCUT2D eigenvalue weighted by molar-refractivity contribution is -0.116. The first-order chi connectivity index (χ1) is 6.87. The van der Waals surface area contributed by atoms with Gasteiger partial charge in [0.25, 0.3) is 0 Å². The average Bonchev–Trinajstić information content (AvgIpc) is 2.05. The van der Waals surface area contributed by atoms with E-state index in [1.165, 1.54) is 24.3 Å². The Morgan fingerprint density at radius 3 is 2.27 bits per heavy atom. The molecule has 0 aliphatic rings. The van der Waals surface area contributed by atoms with Gasteiger partial charge in [-0.2, -0.15) is 0 Å². The summed E-state index contributed by atoms with van der Waals surface area (Å²) in [7, 11) is 1.11. The van der Waals surface area contributed by atoms with Crippen LogP contribution in [-0.2, 0) is 20.3 Å². The van der Waals surface area contributed by atoms with Crippen molar-refractivity contribution in [1.82, 2.24) is 0 Å². The van der Waals surface area contributed by atoms with Gasteiger partial charge in [-0.3, -0.25) is 4.79 Å². The maximum atomic E-state index is 12.5. The molecule has 0 fully saturated rings. The lowest BCUT2D eigenvalue weighted by Crippen LogP contribution is -2.13. The molecule has 3 nitrogen and oxygen atoms in total. The smallest absolute Gasteiger partial charge is 0.239 e. The minimum absolute atomic E-state index is 0.0633. The second-order valence-corrected chi connectivity index (χ2v) is 5.80. The zero-order valence-electron chi connectivity index (χ0n) is 7.61. The van der Waals surface area contributed by atoms with Crippen molar-refractivity contribution >= 4 is 25.5 Å². The first-order valence-corrected chi connectivity index (χ1v) is 6.53. The van der Waals surface area contributed by atoms with E-state index >= 15 is 0 Å². The lowest BCUT2D eigenvalue weighted by Gasteiger charge is -1.99. The highest BCUT2D eigenvalue weighted by Crippen LogP contribution is 2.06. The number of hydrogen-bond donors (Lipinski definition) is 0. The molecule has 0 saturated heterocycles. The van der Waals surface area contributed by atoms with Crippen molar-refractivity contribution in [3.63, 3.8) is 0 Å². The van der Waals surface area contributed by atoms with Gasteiger partial charge in [0.15, 0.2) is 5.78 Å². The molecule has 82 valence electrons. The van der Waals surface area contributed by atoms with Gasteiger partial charge in [0.2, 0.25) is 9.05 Å². The van der Waals surface area contributed by atoms with E-state index in [1.807, 2.05) is 0 Å². The molecule has 0 N–H and O–H groups in total. The predicted molar refractivity (Wildman–Crippen MR) is 54.8 cm³/mol. The van der Waals surface area contributed by atoms with Gasteiger partial charge in [-0.05, 0) is 17.7 Å². The second-order valence-electron chi connectivity index (χ2n) is 3.03. The number of carbonyl (C=O) groups is 1. The van der Waals surface area contributed by atoms with Crippen molar-refractivity contribution in [3.05, 3.63) is 35.6 Å². The number of ketones is 1. The molecule has 1 aromatic carbocycles. The Bertz CT molecular complexity index is 453. The highest BCUT2D eigenvalue weighted by molar-refractivity contribution is 8.14. The molecule has 0 bridgehead atoms. The van der Waals surface area contributed by atoms with E-state index in [0.717, 1.165) is 0 Å². The summed E-state index contributed by atoms with van der Waals surface area (Å²) in [5.41, 5.74) is 0.557. The summed E-state index contributed by atoms with van der Waals surface area (Å²) < 4.78 is 33.6. The average molecular weight is 251 g/mol.